The number of ether oxygens (including phenoxy) is 1. The summed E-state index contributed by atoms with van der Waals surface area (Å²) in [5.74, 6) is -0.223. The average Bonchev–Trinajstić information content (AvgIpc) is 3.14. The number of H-pyrrole nitrogens is 1. The average molecular weight is 341 g/mol. The van der Waals surface area contributed by atoms with Gasteiger partial charge in [0.05, 0.1) is 11.5 Å². The topological polar surface area (TPSA) is 84.1 Å². The van der Waals surface area contributed by atoms with Gasteiger partial charge in [0.2, 0.25) is 0 Å². The van der Waals surface area contributed by atoms with Crippen LogP contribution in [-0.2, 0) is 4.74 Å². The molecule has 132 valence electrons. The number of benzene rings is 1. The summed E-state index contributed by atoms with van der Waals surface area (Å²) in [5, 5.41) is 10.7. The minimum Gasteiger partial charge on any atom is -0.378 e. The van der Waals surface area contributed by atoms with Crippen molar-refractivity contribution in [1.29, 1.82) is 0 Å². The van der Waals surface area contributed by atoms with Crippen LogP contribution in [-0.4, -0.2) is 34.9 Å². The number of aromatic nitrogens is 2. The van der Waals surface area contributed by atoms with Gasteiger partial charge in [0, 0.05) is 23.4 Å². The van der Waals surface area contributed by atoms with E-state index in [1.165, 1.54) is 12.8 Å². The van der Waals surface area contributed by atoms with E-state index in [1.54, 1.807) is 18.2 Å². The quantitative estimate of drug-likeness (QED) is 0.894. The first kappa shape index (κ1) is 16.3. The highest BCUT2D eigenvalue weighted by Crippen LogP contribution is 2.54. The van der Waals surface area contributed by atoms with Crippen molar-refractivity contribution in [2.45, 2.75) is 51.2 Å². The van der Waals surface area contributed by atoms with Gasteiger partial charge in [-0.05, 0) is 32.3 Å². The largest absolute Gasteiger partial charge is 0.378 e. The van der Waals surface area contributed by atoms with Gasteiger partial charge in [-0.15, -0.1) is 0 Å². The Morgan fingerprint density at radius 2 is 2.04 bits per heavy atom. The molecule has 1 aromatic heterocycles. The summed E-state index contributed by atoms with van der Waals surface area (Å²) in [4.78, 5) is 24.7. The van der Waals surface area contributed by atoms with Gasteiger partial charge < -0.3 is 10.1 Å². The molecule has 4 rings (SSSR count). The number of hydrogen-bond acceptors (Lipinski definition) is 4. The molecule has 2 aliphatic rings. The molecule has 0 radical (unpaired) electrons. The molecule has 25 heavy (non-hydrogen) atoms. The minimum absolute atomic E-state index is 0.0731. The van der Waals surface area contributed by atoms with Crippen LogP contribution in [0.5, 0.6) is 0 Å². The van der Waals surface area contributed by atoms with Crippen LogP contribution < -0.4 is 10.9 Å². The molecule has 2 atom stereocenters. The normalized spacial score (nSPS) is 24.4. The Morgan fingerprint density at radius 3 is 2.76 bits per heavy atom. The predicted molar refractivity (Wildman–Crippen MR) is 94.5 cm³/mol. The summed E-state index contributed by atoms with van der Waals surface area (Å²) in [7, 11) is 0. The van der Waals surface area contributed by atoms with Crippen LogP contribution in [0.15, 0.2) is 29.1 Å². The van der Waals surface area contributed by atoms with E-state index >= 15 is 0 Å². The highest BCUT2D eigenvalue weighted by atomic mass is 16.5. The second-order valence-corrected chi connectivity index (χ2v) is 7.09. The lowest BCUT2D eigenvalue weighted by Gasteiger charge is -2.54. The second kappa shape index (κ2) is 6.26. The zero-order chi connectivity index (χ0) is 17.4. The summed E-state index contributed by atoms with van der Waals surface area (Å²) < 4.78 is 5.90. The van der Waals surface area contributed by atoms with Gasteiger partial charge in [0.1, 0.15) is 0 Å². The SMILES string of the molecule is CCO[C@H]1C[C@H](NC(=O)c2n[nH]c(=O)c3ccccc23)C12CCCC2. The van der Waals surface area contributed by atoms with Crippen LogP contribution in [0, 0.1) is 5.41 Å². The number of aromatic amines is 1. The Morgan fingerprint density at radius 1 is 1.32 bits per heavy atom. The molecule has 0 bridgehead atoms. The summed E-state index contributed by atoms with van der Waals surface area (Å²) in [6, 6.07) is 7.19. The van der Waals surface area contributed by atoms with Gasteiger partial charge >= 0.3 is 0 Å². The number of nitrogens with one attached hydrogen (secondary N) is 2. The van der Waals surface area contributed by atoms with Gasteiger partial charge in [0.25, 0.3) is 11.5 Å². The van der Waals surface area contributed by atoms with E-state index < -0.39 is 0 Å². The van der Waals surface area contributed by atoms with Crippen LogP contribution in [0.25, 0.3) is 10.8 Å². The molecule has 6 nitrogen and oxygen atoms in total. The molecule has 0 saturated heterocycles. The maximum absolute atomic E-state index is 12.8. The van der Waals surface area contributed by atoms with Crippen molar-refractivity contribution in [2.75, 3.05) is 6.61 Å². The molecule has 2 aliphatic carbocycles. The van der Waals surface area contributed by atoms with E-state index in [0.29, 0.717) is 17.4 Å². The standard InChI is InChI=1S/C19H23N3O3/c1-2-25-15-11-14(19(15)9-5-6-10-19)20-18(24)16-12-7-3-4-8-13(12)17(23)22-21-16/h3-4,7-8,14-15H,2,5-6,9-11H2,1H3,(H,20,24)(H,22,23)/t14-,15-/m0/s1. The lowest BCUT2D eigenvalue weighted by molar-refractivity contribution is -0.127. The van der Waals surface area contributed by atoms with Crippen molar-refractivity contribution in [1.82, 2.24) is 15.5 Å². The van der Waals surface area contributed by atoms with Gasteiger partial charge in [-0.25, -0.2) is 5.10 Å². The minimum atomic E-state index is -0.278. The maximum Gasteiger partial charge on any atom is 0.272 e. The molecule has 2 fully saturated rings. The molecular formula is C19H23N3O3. The lowest BCUT2D eigenvalue weighted by Crippen LogP contribution is -2.63. The molecule has 1 heterocycles. The number of nitrogens with zero attached hydrogens (tertiary/aromatic N) is 1. The second-order valence-electron chi connectivity index (χ2n) is 7.09. The van der Waals surface area contributed by atoms with Gasteiger partial charge in [0.15, 0.2) is 5.69 Å². The molecule has 2 N–H and O–H groups in total. The Kier molecular flexibility index (Phi) is 4.07. The predicted octanol–water partition coefficient (Wildman–Crippen LogP) is 2.39. The van der Waals surface area contributed by atoms with Crippen molar-refractivity contribution < 1.29 is 9.53 Å². The van der Waals surface area contributed by atoms with Crippen LogP contribution in [0.4, 0.5) is 0 Å². The Hall–Kier alpha value is -2.21. The van der Waals surface area contributed by atoms with E-state index in [0.717, 1.165) is 19.3 Å². The summed E-state index contributed by atoms with van der Waals surface area (Å²) in [5.41, 5.74) is 0.0756. The molecule has 6 heteroatoms. The van der Waals surface area contributed by atoms with Crippen LogP contribution in [0.2, 0.25) is 0 Å². The summed E-state index contributed by atoms with van der Waals surface area (Å²) in [6.45, 7) is 2.73. The third-order valence-corrected chi connectivity index (χ3v) is 5.90. The van der Waals surface area contributed by atoms with Crippen molar-refractivity contribution in [3.8, 4) is 0 Å². The highest BCUT2D eigenvalue weighted by Gasteiger charge is 2.57. The van der Waals surface area contributed by atoms with E-state index in [9.17, 15) is 9.59 Å². The van der Waals surface area contributed by atoms with E-state index in [4.69, 9.17) is 4.74 Å². The fourth-order valence-electron chi connectivity index (χ4n) is 4.60. The van der Waals surface area contributed by atoms with Gasteiger partial charge in [-0.2, -0.15) is 5.10 Å². The molecule has 2 saturated carbocycles. The maximum atomic E-state index is 12.8. The third-order valence-electron chi connectivity index (χ3n) is 5.90. The number of rotatable bonds is 4. The van der Waals surface area contributed by atoms with Crippen LogP contribution in [0.1, 0.15) is 49.5 Å². The molecular weight excluding hydrogens is 318 g/mol. The van der Waals surface area contributed by atoms with Crippen molar-refractivity contribution in [3.63, 3.8) is 0 Å². The monoisotopic (exact) mass is 341 g/mol. The number of fused-ring (bicyclic) bond motifs is 1. The molecule has 0 unspecified atom stereocenters. The molecule has 2 aromatic rings. The first-order valence-corrected chi connectivity index (χ1v) is 9.05. The fourth-order valence-corrected chi connectivity index (χ4v) is 4.60. The zero-order valence-electron chi connectivity index (χ0n) is 14.4. The number of hydrogen-bond donors (Lipinski definition) is 2. The molecule has 1 spiro atoms. The van der Waals surface area contributed by atoms with Crippen molar-refractivity contribution >= 4 is 16.7 Å². The first-order valence-electron chi connectivity index (χ1n) is 9.05. The number of carbonyl (C=O) groups is 1. The molecule has 0 aliphatic heterocycles. The first-order chi connectivity index (χ1) is 12.2. The smallest absolute Gasteiger partial charge is 0.272 e. The Bertz CT molecular complexity index is 854. The zero-order valence-corrected chi connectivity index (χ0v) is 14.4. The van der Waals surface area contributed by atoms with Crippen LogP contribution in [0.3, 0.4) is 0 Å². The van der Waals surface area contributed by atoms with Crippen molar-refractivity contribution in [3.05, 3.63) is 40.3 Å². The molecule has 1 aromatic carbocycles. The Labute approximate surface area is 146 Å². The van der Waals surface area contributed by atoms with Crippen molar-refractivity contribution in [2.24, 2.45) is 5.41 Å². The number of carbonyl (C=O) groups excluding carboxylic acids is 1. The highest BCUT2D eigenvalue weighted by molar-refractivity contribution is 6.04. The van der Waals surface area contributed by atoms with E-state index in [2.05, 4.69) is 15.5 Å². The summed E-state index contributed by atoms with van der Waals surface area (Å²) in [6.07, 6.45) is 5.67. The molecule has 1 amide bonds. The third kappa shape index (κ3) is 2.56. The summed E-state index contributed by atoms with van der Waals surface area (Å²) >= 11 is 0. The van der Waals surface area contributed by atoms with E-state index in [-0.39, 0.29) is 34.7 Å². The van der Waals surface area contributed by atoms with Gasteiger partial charge in [-0.3, -0.25) is 9.59 Å². The van der Waals surface area contributed by atoms with Crippen LogP contribution >= 0.6 is 0 Å². The fraction of sp³-hybridized carbons (Fsp3) is 0.526. The van der Waals surface area contributed by atoms with E-state index in [1.807, 2.05) is 13.0 Å². The lowest BCUT2D eigenvalue weighted by atomic mass is 9.60. The Balaban J connectivity index is 1.59. The van der Waals surface area contributed by atoms with Gasteiger partial charge in [-0.1, -0.05) is 31.0 Å². The number of amides is 1.